The van der Waals surface area contributed by atoms with Gasteiger partial charge in [-0.25, -0.2) is 9.79 Å². The molecule has 0 bridgehead atoms. The molecule has 34 heavy (non-hydrogen) atoms. The molecule has 3 aromatic rings. The summed E-state index contributed by atoms with van der Waals surface area (Å²) in [5.41, 5.74) is 0.912. The Hall–Kier alpha value is -3.79. The molecule has 0 aliphatic carbocycles. The van der Waals surface area contributed by atoms with Crippen LogP contribution in [0.2, 0.25) is 0 Å². The number of thioether (sulfide) groups is 1. The van der Waals surface area contributed by atoms with E-state index < -0.39 is 17.1 Å². The van der Waals surface area contributed by atoms with Crippen molar-refractivity contribution in [1.82, 2.24) is 14.5 Å². The summed E-state index contributed by atoms with van der Waals surface area (Å²) in [6.45, 7) is 2.22. The van der Waals surface area contributed by atoms with E-state index in [1.807, 2.05) is 37.3 Å². The van der Waals surface area contributed by atoms with Crippen LogP contribution in [0.15, 0.2) is 63.1 Å². The number of aromatic hydroxyl groups is 1. The first-order valence-corrected chi connectivity index (χ1v) is 11.4. The van der Waals surface area contributed by atoms with Crippen molar-refractivity contribution in [2.45, 2.75) is 13.5 Å². The SMILES string of the molecule is COc1ccc(CNC(=O)CSC(=Nc2cccc(C)c2)c2c(O)n(C)c(=O)n(C)c2=O)cc1. The Morgan fingerprint density at radius 2 is 1.82 bits per heavy atom. The van der Waals surface area contributed by atoms with Crippen LogP contribution in [0.5, 0.6) is 11.6 Å². The predicted molar refractivity (Wildman–Crippen MR) is 133 cm³/mol. The van der Waals surface area contributed by atoms with Gasteiger partial charge in [0.2, 0.25) is 11.8 Å². The van der Waals surface area contributed by atoms with Crippen molar-refractivity contribution in [1.29, 1.82) is 0 Å². The van der Waals surface area contributed by atoms with Gasteiger partial charge in [-0.05, 0) is 42.3 Å². The van der Waals surface area contributed by atoms with Gasteiger partial charge < -0.3 is 15.2 Å². The van der Waals surface area contributed by atoms with Gasteiger partial charge in [-0.3, -0.25) is 18.7 Å². The lowest BCUT2D eigenvalue weighted by molar-refractivity contribution is -0.118. The minimum atomic E-state index is -0.696. The largest absolute Gasteiger partial charge is 0.497 e. The van der Waals surface area contributed by atoms with Crippen molar-refractivity contribution >= 4 is 28.4 Å². The van der Waals surface area contributed by atoms with Crippen molar-refractivity contribution in [3.63, 3.8) is 0 Å². The van der Waals surface area contributed by atoms with Gasteiger partial charge >= 0.3 is 5.69 Å². The lowest BCUT2D eigenvalue weighted by atomic mass is 10.2. The molecule has 9 nitrogen and oxygen atoms in total. The topological polar surface area (TPSA) is 115 Å². The highest BCUT2D eigenvalue weighted by molar-refractivity contribution is 8.15. The summed E-state index contributed by atoms with van der Waals surface area (Å²) < 4.78 is 6.99. The molecule has 3 rings (SSSR count). The number of hydrogen-bond donors (Lipinski definition) is 2. The van der Waals surface area contributed by atoms with E-state index in [4.69, 9.17) is 4.74 Å². The van der Waals surface area contributed by atoms with E-state index in [2.05, 4.69) is 10.3 Å². The Morgan fingerprint density at radius 1 is 1.12 bits per heavy atom. The fraction of sp³-hybridized carbons (Fsp3) is 0.250. The van der Waals surface area contributed by atoms with Gasteiger partial charge in [0.05, 0.1) is 18.6 Å². The number of carbonyl (C=O) groups excluding carboxylic acids is 1. The number of ether oxygens (including phenoxy) is 1. The number of aromatic nitrogens is 2. The predicted octanol–water partition coefficient (Wildman–Crippen LogP) is 2.23. The van der Waals surface area contributed by atoms with Crippen LogP contribution in [0.1, 0.15) is 16.7 Å². The van der Waals surface area contributed by atoms with Gasteiger partial charge in [0.15, 0.2) is 0 Å². The van der Waals surface area contributed by atoms with Gasteiger partial charge in [0.1, 0.15) is 16.4 Å². The molecule has 0 atom stereocenters. The lowest BCUT2D eigenvalue weighted by Gasteiger charge is -2.13. The van der Waals surface area contributed by atoms with Crippen molar-refractivity contribution in [3.05, 3.63) is 86.1 Å². The second kappa shape index (κ2) is 10.9. The minimum absolute atomic E-state index is 0.0494. The molecule has 1 heterocycles. The number of nitrogens with zero attached hydrogens (tertiary/aromatic N) is 3. The first kappa shape index (κ1) is 24.8. The molecule has 0 radical (unpaired) electrons. The molecular weight excluding hydrogens is 456 g/mol. The molecule has 0 aliphatic rings. The molecule has 10 heteroatoms. The number of aryl methyl sites for hydroxylation is 1. The fourth-order valence-corrected chi connectivity index (χ4v) is 3.99. The number of rotatable bonds is 7. The van der Waals surface area contributed by atoms with E-state index in [9.17, 15) is 19.5 Å². The van der Waals surface area contributed by atoms with E-state index >= 15 is 0 Å². The molecular formula is C24H26N4O5S. The summed E-state index contributed by atoms with van der Waals surface area (Å²) >= 11 is 1.01. The maximum absolute atomic E-state index is 12.9. The van der Waals surface area contributed by atoms with Crippen LogP contribution >= 0.6 is 11.8 Å². The number of benzene rings is 2. The quantitative estimate of drug-likeness (QED) is 0.394. The first-order valence-electron chi connectivity index (χ1n) is 10.4. The monoisotopic (exact) mass is 482 g/mol. The van der Waals surface area contributed by atoms with Crippen LogP contribution in [0.25, 0.3) is 0 Å². The summed E-state index contributed by atoms with van der Waals surface area (Å²) in [6.07, 6.45) is 0. The molecule has 0 saturated heterocycles. The zero-order chi connectivity index (χ0) is 24.8. The van der Waals surface area contributed by atoms with Crippen LogP contribution in [-0.4, -0.2) is 38.1 Å². The van der Waals surface area contributed by atoms with Gasteiger partial charge in [-0.1, -0.05) is 36.0 Å². The second-order valence-corrected chi connectivity index (χ2v) is 8.54. The molecule has 2 aromatic carbocycles. The summed E-state index contributed by atoms with van der Waals surface area (Å²) in [5, 5.41) is 13.5. The molecule has 0 saturated carbocycles. The third-order valence-corrected chi connectivity index (χ3v) is 6.04. The average Bonchev–Trinajstić information content (AvgIpc) is 2.83. The van der Waals surface area contributed by atoms with Crippen LogP contribution in [0.3, 0.4) is 0 Å². The van der Waals surface area contributed by atoms with Gasteiger partial charge in [-0.15, -0.1) is 0 Å². The van der Waals surface area contributed by atoms with Crippen LogP contribution in [-0.2, 0) is 25.4 Å². The molecule has 0 spiro atoms. The Kier molecular flexibility index (Phi) is 7.95. The standard InChI is InChI=1S/C24H26N4O5S/c1-15-6-5-7-17(12-15)26-21(20-22(30)27(2)24(32)28(3)23(20)31)34-14-19(29)25-13-16-8-10-18(33-4)11-9-16/h5-12,30H,13-14H2,1-4H3,(H,25,29). The van der Waals surface area contributed by atoms with E-state index in [0.29, 0.717) is 12.2 Å². The van der Waals surface area contributed by atoms with Crippen molar-refractivity contribution in [3.8, 4) is 11.6 Å². The lowest BCUT2D eigenvalue weighted by Crippen LogP contribution is -2.39. The van der Waals surface area contributed by atoms with Crippen LogP contribution < -0.4 is 21.3 Å². The van der Waals surface area contributed by atoms with Gasteiger partial charge in [-0.2, -0.15) is 0 Å². The summed E-state index contributed by atoms with van der Waals surface area (Å²) in [6, 6.07) is 14.6. The third kappa shape index (κ3) is 5.76. The summed E-state index contributed by atoms with van der Waals surface area (Å²) in [4.78, 5) is 42.1. The van der Waals surface area contributed by atoms with Gasteiger partial charge in [0.25, 0.3) is 5.56 Å². The zero-order valence-electron chi connectivity index (χ0n) is 19.4. The molecule has 178 valence electrons. The Labute approximate surface area is 200 Å². The average molecular weight is 483 g/mol. The number of hydrogen-bond acceptors (Lipinski definition) is 7. The Bertz CT molecular complexity index is 1340. The van der Waals surface area contributed by atoms with E-state index in [0.717, 1.165) is 37.8 Å². The number of aliphatic imine (C=N–C) groups is 1. The molecule has 1 amide bonds. The van der Waals surface area contributed by atoms with Crippen molar-refractivity contribution in [2.24, 2.45) is 19.1 Å². The van der Waals surface area contributed by atoms with E-state index in [1.54, 1.807) is 25.3 Å². The molecule has 0 fully saturated rings. The highest BCUT2D eigenvalue weighted by Gasteiger charge is 2.21. The third-order valence-electron chi connectivity index (χ3n) is 5.07. The van der Waals surface area contributed by atoms with Gasteiger partial charge in [0, 0.05) is 20.6 Å². The van der Waals surface area contributed by atoms with Crippen LogP contribution in [0, 0.1) is 6.92 Å². The Balaban J connectivity index is 1.86. The summed E-state index contributed by atoms with van der Waals surface area (Å²) in [5.74, 6) is -0.113. The first-order chi connectivity index (χ1) is 16.2. The fourth-order valence-electron chi connectivity index (χ4n) is 3.12. The Morgan fingerprint density at radius 3 is 2.47 bits per heavy atom. The van der Waals surface area contributed by atoms with E-state index in [1.165, 1.54) is 14.1 Å². The highest BCUT2D eigenvalue weighted by atomic mass is 32.2. The van der Waals surface area contributed by atoms with Crippen LogP contribution in [0.4, 0.5) is 5.69 Å². The smallest absolute Gasteiger partial charge is 0.333 e. The maximum Gasteiger partial charge on any atom is 0.333 e. The second-order valence-electron chi connectivity index (χ2n) is 7.57. The molecule has 0 aliphatic heterocycles. The number of methoxy groups -OCH3 is 1. The maximum atomic E-state index is 12.9. The molecule has 1 aromatic heterocycles. The number of nitrogens with one attached hydrogen (secondary N) is 1. The number of amides is 1. The molecule has 2 N–H and O–H groups in total. The van der Waals surface area contributed by atoms with Crippen molar-refractivity contribution in [2.75, 3.05) is 12.9 Å². The zero-order valence-corrected chi connectivity index (χ0v) is 20.2. The minimum Gasteiger partial charge on any atom is -0.497 e. The highest BCUT2D eigenvalue weighted by Crippen LogP contribution is 2.23. The number of carbonyl (C=O) groups is 1. The normalized spacial score (nSPS) is 11.4. The van der Waals surface area contributed by atoms with E-state index in [-0.39, 0.29) is 22.3 Å². The molecule has 0 unspecified atom stereocenters. The van der Waals surface area contributed by atoms with Crippen molar-refractivity contribution < 1.29 is 14.6 Å². The summed E-state index contributed by atoms with van der Waals surface area (Å²) in [7, 11) is 4.26.